The summed E-state index contributed by atoms with van der Waals surface area (Å²) in [4.78, 5) is 2.66. The zero-order valence-corrected chi connectivity index (χ0v) is 15.4. The Morgan fingerprint density at radius 1 is 0.762 bits per heavy atom. The molecule has 3 saturated heterocycles. The van der Waals surface area contributed by atoms with Crippen LogP contribution in [0.4, 0.5) is 0 Å². The van der Waals surface area contributed by atoms with Crippen LogP contribution in [-0.4, -0.2) is 31.6 Å². The van der Waals surface area contributed by atoms with Crippen LogP contribution in [0.2, 0.25) is 0 Å². The Balaban J connectivity index is 0.00000128. The number of nitrogens with two attached hydrogens (primary N) is 1. The lowest BCUT2D eigenvalue weighted by Crippen LogP contribution is -2.48. The highest BCUT2D eigenvalue weighted by molar-refractivity contribution is 5.85. The SMILES string of the molecule is CCCCCCCCCCC12CCN(CC1)CC2.CN.Cl. The number of unbranched alkanes of at least 4 members (excludes halogenated alkanes) is 7. The van der Waals surface area contributed by atoms with E-state index in [-0.39, 0.29) is 12.4 Å². The molecule has 0 aliphatic carbocycles. The fourth-order valence-corrected chi connectivity index (χ4v) is 3.91. The minimum absolute atomic E-state index is 0. The van der Waals surface area contributed by atoms with Crippen LogP contribution in [0.5, 0.6) is 0 Å². The molecule has 128 valence electrons. The van der Waals surface area contributed by atoms with Crippen LogP contribution < -0.4 is 5.73 Å². The summed E-state index contributed by atoms with van der Waals surface area (Å²) < 4.78 is 0. The molecule has 0 aromatic heterocycles. The lowest BCUT2D eigenvalue weighted by atomic mass is 9.69. The molecule has 3 heterocycles. The Morgan fingerprint density at radius 3 is 1.67 bits per heavy atom. The standard InChI is InChI=1S/C17H33N.CH5N.ClH/c1-2-3-4-5-6-7-8-9-10-17-11-14-18(15-12-17)16-13-17;1-2;/h2-16H2,1H3;2H2,1H3;1H. The summed E-state index contributed by atoms with van der Waals surface area (Å²) in [6, 6.07) is 0. The van der Waals surface area contributed by atoms with Crippen molar-refractivity contribution in [3.63, 3.8) is 0 Å². The van der Waals surface area contributed by atoms with Gasteiger partial charge in [-0.2, -0.15) is 0 Å². The van der Waals surface area contributed by atoms with Crippen molar-refractivity contribution >= 4 is 12.4 Å². The van der Waals surface area contributed by atoms with Gasteiger partial charge in [0.2, 0.25) is 0 Å². The van der Waals surface area contributed by atoms with Crippen molar-refractivity contribution in [2.45, 2.75) is 84.0 Å². The number of hydrogen-bond acceptors (Lipinski definition) is 2. The number of hydrogen-bond donors (Lipinski definition) is 1. The molecule has 3 fully saturated rings. The molecule has 0 atom stereocenters. The van der Waals surface area contributed by atoms with Crippen molar-refractivity contribution in [3.05, 3.63) is 0 Å². The number of piperidine rings is 3. The summed E-state index contributed by atoms with van der Waals surface area (Å²) in [5, 5.41) is 0. The van der Waals surface area contributed by atoms with Crippen molar-refractivity contribution < 1.29 is 0 Å². The maximum absolute atomic E-state index is 4.50. The first-order valence-corrected chi connectivity index (χ1v) is 9.15. The molecule has 0 spiro atoms. The smallest absolute Gasteiger partial charge is 0.00134 e. The average molecular weight is 319 g/mol. The molecule has 3 rings (SSSR count). The van der Waals surface area contributed by atoms with Gasteiger partial charge in [0.25, 0.3) is 0 Å². The normalized spacial score (nSPS) is 26.7. The van der Waals surface area contributed by atoms with Crippen molar-refractivity contribution in [1.29, 1.82) is 0 Å². The van der Waals surface area contributed by atoms with Crippen LogP contribution in [0.3, 0.4) is 0 Å². The van der Waals surface area contributed by atoms with E-state index in [1.165, 1.54) is 104 Å². The van der Waals surface area contributed by atoms with Crippen molar-refractivity contribution in [3.8, 4) is 0 Å². The van der Waals surface area contributed by atoms with Crippen molar-refractivity contribution in [1.82, 2.24) is 4.90 Å². The minimum atomic E-state index is 0. The first-order valence-electron chi connectivity index (χ1n) is 9.15. The molecule has 0 amide bonds. The predicted octanol–water partition coefficient (Wildman–Crippen LogP) is 5.00. The van der Waals surface area contributed by atoms with Crippen LogP contribution >= 0.6 is 12.4 Å². The predicted molar refractivity (Wildman–Crippen MR) is 97.3 cm³/mol. The number of rotatable bonds is 9. The molecule has 0 unspecified atom stereocenters. The van der Waals surface area contributed by atoms with Gasteiger partial charge in [0.05, 0.1) is 0 Å². The van der Waals surface area contributed by atoms with Crippen LogP contribution in [0.25, 0.3) is 0 Å². The number of halogens is 1. The first kappa shape index (κ1) is 21.2. The summed E-state index contributed by atoms with van der Waals surface area (Å²) in [5.41, 5.74) is 5.29. The number of nitrogens with zero attached hydrogens (tertiary/aromatic N) is 1. The zero-order chi connectivity index (χ0) is 14.7. The minimum Gasteiger partial charge on any atom is -0.333 e. The molecular formula is C18H39ClN2. The lowest BCUT2D eigenvalue weighted by Gasteiger charge is -2.48. The van der Waals surface area contributed by atoms with Gasteiger partial charge >= 0.3 is 0 Å². The molecule has 2 bridgehead atoms. The highest BCUT2D eigenvalue weighted by Crippen LogP contribution is 2.43. The molecule has 2 nitrogen and oxygen atoms in total. The highest BCUT2D eigenvalue weighted by Gasteiger charge is 2.38. The Bertz CT molecular complexity index is 211. The van der Waals surface area contributed by atoms with E-state index in [0.29, 0.717) is 0 Å². The van der Waals surface area contributed by atoms with Crippen molar-refractivity contribution in [2.75, 3.05) is 26.7 Å². The van der Waals surface area contributed by atoms with Gasteiger partial charge < -0.3 is 10.6 Å². The molecular weight excluding hydrogens is 280 g/mol. The van der Waals surface area contributed by atoms with Crippen LogP contribution in [0.1, 0.15) is 84.0 Å². The fraction of sp³-hybridized carbons (Fsp3) is 1.00. The Hall–Kier alpha value is 0.210. The Kier molecular flexibility index (Phi) is 12.9. The van der Waals surface area contributed by atoms with Gasteiger partial charge in [-0.05, 0) is 57.8 Å². The van der Waals surface area contributed by atoms with Gasteiger partial charge in [0, 0.05) is 0 Å². The summed E-state index contributed by atoms with van der Waals surface area (Å²) in [6.45, 7) is 6.50. The van der Waals surface area contributed by atoms with E-state index < -0.39 is 0 Å². The maximum Gasteiger partial charge on any atom is -0.00134 e. The van der Waals surface area contributed by atoms with Crippen LogP contribution in [0.15, 0.2) is 0 Å². The molecule has 0 aromatic carbocycles. The van der Waals surface area contributed by atoms with Crippen LogP contribution in [-0.2, 0) is 0 Å². The Morgan fingerprint density at radius 2 is 1.19 bits per heavy atom. The van der Waals surface area contributed by atoms with Gasteiger partial charge in [-0.15, -0.1) is 12.4 Å². The molecule has 3 aliphatic heterocycles. The summed E-state index contributed by atoms with van der Waals surface area (Å²) in [6.07, 6.45) is 17.8. The quantitative estimate of drug-likeness (QED) is 0.606. The van der Waals surface area contributed by atoms with E-state index in [4.69, 9.17) is 0 Å². The zero-order valence-electron chi connectivity index (χ0n) is 14.5. The van der Waals surface area contributed by atoms with Gasteiger partial charge in [0.15, 0.2) is 0 Å². The maximum atomic E-state index is 4.50. The molecule has 0 aromatic rings. The summed E-state index contributed by atoms with van der Waals surface area (Å²) in [5.74, 6) is 0. The van der Waals surface area contributed by atoms with Crippen LogP contribution in [0, 0.1) is 5.41 Å². The highest BCUT2D eigenvalue weighted by atomic mass is 35.5. The molecule has 21 heavy (non-hydrogen) atoms. The number of fused-ring (bicyclic) bond motifs is 3. The third-order valence-electron chi connectivity index (χ3n) is 5.44. The van der Waals surface area contributed by atoms with E-state index in [1.54, 1.807) is 0 Å². The second-order valence-electron chi connectivity index (χ2n) is 6.82. The topological polar surface area (TPSA) is 29.3 Å². The fourth-order valence-electron chi connectivity index (χ4n) is 3.91. The molecule has 0 saturated carbocycles. The van der Waals surface area contributed by atoms with E-state index >= 15 is 0 Å². The van der Waals surface area contributed by atoms with E-state index in [2.05, 4.69) is 17.6 Å². The average Bonchev–Trinajstić information content (AvgIpc) is 2.54. The molecule has 3 aliphatic rings. The summed E-state index contributed by atoms with van der Waals surface area (Å²) in [7, 11) is 1.50. The first-order chi connectivity index (χ1) is 9.85. The van der Waals surface area contributed by atoms with E-state index in [0.717, 1.165) is 5.41 Å². The van der Waals surface area contributed by atoms with Gasteiger partial charge in [-0.1, -0.05) is 58.3 Å². The summed E-state index contributed by atoms with van der Waals surface area (Å²) >= 11 is 0. The molecule has 3 heteroatoms. The third-order valence-corrected chi connectivity index (χ3v) is 5.44. The monoisotopic (exact) mass is 318 g/mol. The Labute approximate surface area is 139 Å². The van der Waals surface area contributed by atoms with Gasteiger partial charge in [-0.25, -0.2) is 0 Å². The molecule has 0 radical (unpaired) electrons. The van der Waals surface area contributed by atoms with Gasteiger partial charge in [0.1, 0.15) is 0 Å². The lowest BCUT2D eigenvalue weighted by molar-refractivity contribution is 0.0180. The van der Waals surface area contributed by atoms with E-state index in [1.807, 2.05) is 0 Å². The molecule has 2 N–H and O–H groups in total. The van der Waals surface area contributed by atoms with Crippen molar-refractivity contribution in [2.24, 2.45) is 11.1 Å². The van der Waals surface area contributed by atoms with E-state index in [9.17, 15) is 0 Å². The second kappa shape index (κ2) is 12.7. The largest absolute Gasteiger partial charge is 0.333 e. The third kappa shape index (κ3) is 7.85. The second-order valence-corrected chi connectivity index (χ2v) is 6.82. The van der Waals surface area contributed by atoms with Gasteiger partial charge in [-0.3, -0.25) is 0 Å².